The molecule has 0 saturated heterocycles. The fourth-order valence-electron chi connectivity index (χ4n) is 12.1. The van der Waals surface area contributed by atoms with Crippen molar-refractivity contribution in [1.29, 1.82) is 0 Å². The van der Waals surface area contributed by atoms with Crippen LogP contribution in [-0.2, 0) is 21.1 Å². The molecule has 418 valence electrons. The molecule has 0 fully saturated rings. The van der Waals surface area contributed by atoms with Gasteiger partial charge < -0.3 is 8.83 Å². The third kappa shape index (κ3) is 9.81. The summed E-state index contributed by atoms with van der Waals surface area (Å²) in [5.74, 6) is 6.10. The fourth-order valence-corrected chi connectivity index (χ4v) is 12.1. The third-order valence-corrected chi connectivity index (χ3v) is 16.6. The first kappa shape index (κ1) is 55.7. The Balaban J connectivity index is 0.000000135. The molecule has 11 heteroatoms. The molecule has 0 amide bonds. The van der Waals surface area contributed by atoms with Crippen LogP contribution in [0.2, 0.25) is 0 Å². The highest BCUT2D eigenvalue weighted by atomic mass is 16.3. The number of fused-ring (bicyclic) bond motifs is 6. The van der Waals surface area contributed by atoms with Gasteiger partial charge in [0, 0.05) is 56.3 Å². The molecule has 13 aromatic rings. The van der Waals surface area contributed by atoms with Gasteiger partial charge in [0.15, 0.2) is 5.69 Å². The van der Waals surface area contributed by atoms with E-state index in [1.165, 1.54) is 55.9 Å². The second-order valence-corrected chi connectivity index (χ2v) is 23.0. The standard InChI is InChI=1S/C30H24N3O2.C23H30N3.C19H22N3/c1-17-13-14-22-20-9-5-7-11-24(20)35-29(22)26(17)30-32(4)16-31-33(30)27-18(2)15-23-21-10-6-8-12-25(21)34-28(23)19(27)3;1-15(2)19-13-10-14-20(16(3)4)22(19)26-23(25(7)18(6)24-26)21-12-9-8-11-17(21)5;1-13-9-6-7-12-17(13)19-21(5)16(4)20-22(19)18-14(2)10-8-11-15(18)3/h5-16H,1-4H3;8-16H,1-7H3;6-12H,1-5H3/q3*+1. The number of furan rings is 2. The fraction of sp³-hybridized carbons (Fsp3) is 0.250. The molecule has 0 unspecified atom stereocenters. The topological polar surface area (TPSA) is 91.4 Å². The summed E-state index contributed by atoms with van der Waals surface area (Å²) in [6, 6.07) is 53.0. The summed E-state index contributed by atoms with van der Waals surface area (Å²) in [7, 11) is 6.21. The van der Waals surface area contributed by atoms with E-state index >= 15 is 0 Å². The van der Waals surface area contributed by atoms with E-state index < -0.39 is 0 Å². The minimum Gasteiger partial charge on any atom is -0.456 e. The predicted octanol–water partition coefficient (Wildman–Crippen LogP) is 15.9. The highest BCUT2D eigenvalue weighted by Gasteiger charge is 2.33. The van der Waals surface area contributed by atoms with Gasteiger partial charge in [-0.15, -0.1) is 0 Å². The molecule has 0 saturated carbocycles. The largest absolute Gasteiger partial charge is 0.456 e. The number of hydrogen-bond donors (Lipinski definition) is 0. The van der Waals surface area contributed by atoms with Crippen molar-refractivity contribution in [3.8, 4) is 51.2 Å². The third-order valence-electron chi connectivity index (χ3n) is 16.6. The Morgan fingerprint density at radius 3 is 1.41 bits per heavy atom. The molecule has 83 heavy (non-hydrogen) atoms. The minimum absolute atomic E-state index is 0.434. The second kappa shape index (κ2) is 22.3. The molecular formula is C72H76N9O2+3. The van der Waals surface area contributed by atoms with Gasteiger partial charge >= 0.3 is 0 Å². The van der Waals surface area contributed by atoms with Crippen LogP contribution in [0.15, 0.2) is 167 Å². The van der Waals surface area contributed by atoms with Crippen molar-refractivity contribution < 1.29 is 22.5 Å². The van der Waals surface area contributed by atoms with Gasteiger partial charge in [0.05, 0.1) is 37.8 Å². The van der Waals surface area contributed by atoms with Crippen LogP contribution < -0.4 is 13.7 Å². The van der Waals surface area contributed by atoms with Gasteiger partial charge in [-0.1, -0.05) is 163 Å². The van der Waals surface area contributed by atoms with Crippen molar-refractivity contribution in [2.24, 2.45) is 21.1 Å². The first-order chi connectivity index (χ1) is 39.9. The van der Waals surface area contributed by atoms with Crippen LogP contribution in [0, 0.1) is 62.3 Å². The molecule has 0 N–H and O–H groups in total. The normalized spacial score (nSPS) is 11.6. The molecule has 0 radical (unpaired) electrons. The highest BCUT2D eigenvalue weighted by molar-refractivity contribution is 6.10. The van der Waals surface area contributed by atoms with E-state index in [0.717, 1.165) is 101 Å². The average molecular weight is 1100 g/mol. The van der Waals surface area contributed by atoms with Gasteiger partial charge in [0.25, 0.3) is 35.4 Å². The summed E-state index contributed by atoms with van der Waals surface area (Å²) in [5.41, 5.74) is 21.5. The van der Waals surface area contributed by atoms with E-state index in [-0.39, 0.29) is 0 Å². The van der Waals surface area contributed by atoms with E-state index in [1.54, 1.807) is 0 Å². The Morgan fingerprint density at radius 1 is 0.398 bits per heavy atom. The first-order valence-corrected chi connectivity index (χ1v) is 28.9. The Labute approximate surface area is 487 Å². The summed E-state index contributed by atoms with van der Waals surface area (Å²) in [6.45, 7) is 28.1. The van der Waals surface area contributed by atoms with E-state index in [4.69, 9.17) is 24.1 Å². The Morgan fingerprint density at radius 2 is 0.867 bits per heavy atom. The van der Waals surface area contributed by atoms with Crippen molar-refractivity contribution in [3.05, 3.63) is 220 Å². The highest BCUT2D eigenvalue weighted by Crippen LogP contribution is 2.41. The zero-order valence-corrected chi connectivity index (χ0v) is 51.0. The number of nitrogens with zero attached hydrogens (tertiary/aromatic N) is 9. The van der Waals surface area contributed by atoms with Crippen molar-refractivity contribution in [2.45, 2.75) is 102 Å². The molecule has 0 aliphatic heterocycles. The molecule has 0 bridgehead atoms. The lowest BCUT2D eigenvalue weighted by Crippen LogP contribution is -2.33. The van der Waals surface area contributed by atoms with Gasteiger partial charge in [-0.2, -0.15) is 0 Å². The maximum Gasteiger partial charge on any atom is 0.277 e. The van der Waals surface area contributed by atoms with Crippen LogP contribution in [0.1, 0.15) is 101 Å². The summed E-state index contributed by atoms with van der Waals surface area (Å²) in [5, 5.41) is 19.1. The molecule has 0 atom stereocenters. The lowest BCUT2D eigenvalue weighted by molar-refractivity contribution is -0.667. The number of aromatic nitrogens is 9. The predicted molar refractivity (Wildman–Crippen MR) is 336 cm³/mol. The van der Waals surface area contributed by atoms with Crippen molar-refractivity contribution in [2.75, 3.05) is 0 Å². The Kier molecular flexibility index (Phi) is 14.9. The number of benzene rings is 8. The zero-order chi connectivity index (χ0) is 58.7. The maximum atomic E-state index is 6.43. The van der Waals surface area contributed by atoms with Gasteiger partial charge in [-0.05, 0) is 135 Å². The number of hydrogen-bond acceptors (Lipinski definition) is 5. The van der Waals surface area contributed by atoms with E-state index in [1.807, 2.05) is 49.2 Å². The summed E-state index contributed by atoms with van der Waals surface area (Å²) in [6.07, 6.45) is 1.86. The first-order valence-electron chi connectivity index (χ1n) is 28.9. The molecule has 13 rings (SSSR count). The number of aryl methyl sites for hydroxylation is 10. The van der Waals surface area contributed by atoms with Crippen LogP contribution in [0.4, 0.5) is 0 Å². The average Bonchev–Trinajstić information content (AvgIpc) is 2.88. The van der Waals surface area contributed by atoms with Crippen molar-refractivity contribution in [1.82, 2.24) is 29.3 Å². The Bertz CT molecular complexity index is 4570. The molecule has 0 aliphatic carbocycles. The van der Waals surface area contributed by atoms with Crippen molar-refractivity contribution >= 4 is 43.9 Å². The van der Waals surface area contributed by atoms with Crippen LogP contribution in [0.25, 0.3) is 95.1 Å². The van der Waals surface area contributed by atoms with Gasteiger partial charge in [0.2, 0.25) is 0 Å². The smallest absolute Gasteiger partial charge is 0.277 e. The van der Waals surface area contributed by atoms with Crippen LogP contribution in [-0.4, -0.2) is 29.3 Å². The minimum atomic E-state index is 0.434. The lowest BCUT2D eigenvalue weighted by atomic mass is 9.92. The van der Waals surface area contributed by atoms with E-state index in [0.29, 0.717) is 11.8 Å². The van der Waals surface area contributed by atoms with Crippen molar-refractivity contribution in [3.63, 3.8) is 0 Å². The SMILES string of the molecule is Cc1cc2c(oc3ccccc32)c(C)c1-n1nc[n+](C)c1-c1c(C)ccc2c1oc1ccccc12.Cc1ccccc1-c1n(-c2c(C(C)C)cccc2C(C)C)nc(C)[n+]1C.Cc1ccccc1-c1n(-c2c(C)cccc2C)nc(C)[n+]1C. The molecular weight excluding hydrogens is 1020 g/mol. The zero-order valence-electron chi connectivity index (χ0n) is 51.0. The quantitative estimate of drug-likeness (QED) is 0.141. The maximum absolute atomic E-state index is 6.43. The number of rotatable bonds is 8. The molecule has 8 aromatic carbocycles. The molecule has 11 nitrogen and oxygen atoms in total. The summed E-state index contributed by atoms with van der Waals surface area (Å²) >= 11 is 0. The summed E-state index contributed by atoms with van der Waals surface area (Å²) < 4.78 is 25.5. The van der Waals surface area contributed by atoms with Gasteiger partial charge in [0.1, 0.15) is 33.7 Å². The van der Waals surface area contributed by atoms with E-state index in [2.05, 4.69) is 248 Å². The second-order valence-electron chi connectivity index (χ2n) is 23.0. The van der Waals surface area contributed by atoms with Crippen LogP contribution >= 0.6 is 0 Å². The molecule has 5 heterocycles. The molecule has 0 spiro atoms. The molecule has 0 aliphatic rings. The Hall–Kier alpha value is -9.22. The van der Waals surface area contributed by atoms with Gasteiger partial charge in [-0.3, -0.25) is 0 Å². The van der Waals surface area contributed by atoms with Gasteiger partial charge in [-0.25, -0.2) is 13.7 Å². The summed E-state index contributed by atoms with van der Waals surface area (Å²) in [4.78, 5) is 0. The lowest BCUT2D eigenvalue weighted by Gasteiger charge is -2.17. The van der Waals surface area contributed by atoms with Crippen LogP contribution in [0.5, 0.6) is 0 Å². The molecule has 5 aromatic heterocycles. The van der Waals surface area contributed by atoms with Crippen LogP contribution in [0.3, 0.4) is 0 Å². The monoisotopic (exact) mass is 1100 g/mol. The number of para-hydroxylation sites is 4. The van der Waals surface area contributed by atoms with E-state index in [9.17, 15) is 0 Å².